The second-order valence-electron chi connectivity index (χ2n) is 11.2. The van der Waals surface area contributed by atoms with Crippen LogP contribution in [0, 0.1) is 22.7 Å². The molecular formula is C23H40O5Si. The van der Waals surface area contributed by atoms with Crippen molar-refractivity contribution in [3.8, 4) is 0 Å². The van der Waals surface area contributed by atoms with Gasteiger partial charge < -0.3 is 13.9 Å². The van der Waals surface area contributed by atoms with Gasteiger partial charge in [0.25, 0.3) is 0 Å². The van der Waals surface area contributed by atoms with Gasteiger partial charge in [-0.25, -0.2) is 4.79 Å². The van der Waals surface area contributed by atoms with Gasteiger partial charge in [0, 0.05) is 11.0 Å². The van der Waals surface area contributed by atoms with Crippen LogP contribution in [-0.4, -0.2) is 40.6 Å². The third kappa shape index (κ3) is 4.07. The number of hydrogen-bond donors (Lipinski definition) is 0. The molecule has 1 fully saturated rings. The molecule has 0 bridgehead atoms. The second kappa shape index (κ2) is 7.84. The zero-order valence-electron chi connectivity index (χ0n) is 20.0. The first-order chi connectivity index (χ1) is 13.1. The number of carbonyl (C=O) groups excluding carboxylic acids is 2. The van der Waals surface area contributed by atoms with E-state index in [-0.39, 0.29) is 28.4 Å². The number of fused-ring (bicyclic) bond motifs is 1. The lowest BCUT2D eigenvalue weighted by molar-refractivity contribution is -0.170. The minimum absolute atomic E-state index is 0.0342. The molecule has 1 unspecified atom stereocenters. The minimum Gasteiger partial charge on any atom is -0.469 e. The van der Waals surface area contributed by atoms with Crippen molar-refractivity contribution in [2.45, 2.75) is 85.0 Å². The number of rotatable bonds is 4. The minimum atomic E-state index is -2.08. The Morgan fingerprint density at radius 3 is 2.17 bits per heavy atom. The Bertz CT molecular complexity index is 688. The van der Waals surface area contributed by atoms with Crippen molar-refractivity contribution in [2.75, 3.05) is 14.2 Å². The molecule has 0 heterocycles. The molecule has 5 nitrogen and oxygen atoms in total. The van der Waals surface area contributed by atoms with Crippen LogP contribution in [0.25, 0.3) is 0 Å². The largest absolute Gasteiger partial charge is 0.469 e. The highest BCUT2D eigenvalue weighted by atomic mass is 28.4. The van der Waals surface area contributed by atoms with Crippen molar-refractivity contribution >= 4 is 20.3 Å². The van der Waals surface area contributed by atoms with E-state index in [0.29, 0.717) is 5.57 Å². The molecule has 0 aromatic carbocycles. The fourth-order valence-electron chi connectivity index (χ4n) is 5.25. The standard InChI is InChI=1S/C23H40O5Si/c1-21(2,3)29(9,10)28-17-13-14-22(4,5)16-12-11-15(19(24)26-7)18(20(25)27-8)23(16,17)6/h11,16-18H,12-14H2,1-10H3/t16?,17-,18-,23-/m1/s1. The van der Waals surface area contributed by atoms with Crippen LogP contribution in [0.2, 0.25) is 18.1 Å². The number of hydrogen-bond acceptors (Lipinski definition) is 5. The van der Waals surface area contributed by atoms with Crippen molar-refractivity contribution in [1.82, 2.24) is 0 Å². The molecule has 4 atom stereocenters. The normalized spacial score (nSPS) is 32.1. The molecule has 0 N–H and O–H groups in total. The average molecular weight is 425 g/mol. The average Bonchev–Trinajstić information content (AvgIpc) is 2.61. The zero-order chi connectivity index (χ0) is 22.4. The molecule has 29 heavy (non-hydrogen) atoms. The van der Waals surface area contributed by atoms with Crippen molar-refractivity contribution in [3.05, 3.63) is 11.6 Å². The summed E-state index contributed by atoms with van der Waals surface area (Å²) in [6, 6.07) is 0. The summed E-state index contributed by atoms with van der Waals surface area (Å²) in [5, 5.41) is 0.0578. The summed E-state index contributed by atoms with van der Waals surface area (Å²) < 4.78 is 17.2. The first-order valence-electron chi connectivity index (χ1n) is 10.7. The maximum atomic E-state index is 13.1. The highest BCUT2D eigenvalue weighted by Gasteiger charge is 2.62. The lowest BCUT2D eigenvalue weighted by Gasteiger charge is -2.60. The molecule has 0 saturated heterocycles. The number of ether oxygens (including phenoxy) is 2. The van der Waals surface area contributed by atoms with Gasteiger partial charge in [-0.15, -0.1) is 0 Å². The molecule has 6 heteroatoms. The zero-order valence-corrected chi connectivity index (χ0v) is 21.0. The van der Waals surface area contributed by atoms with Gasteiger partial charge in [-0.2, -0.15) is 0 Å². The summed E-state index contributed by atoms with van der Waals surface area (Å²) >= 11 is 0. The topological polar surface area (TPSA) is 61.8 Å². The number of esters is 2. The lowest BCUT2D eigenvalue weighted by atomic mass is 9.47. The molecular weight excluding hydrogens is 384 g/mol. The molecule has 1 saturated carbocycles. The molecule has 0 amide bonds. The molecule has 2 aliphatic rings. The summed E-state index contributed by atoms with van der Waals surface area (Å²) in [4.78, 5) is 25.7. The number of carbonyl (C=O) groups is 2. The van der Waals surface area contributed by atoms with E-state index < -0.39 is 25.6 Å². The quantitative estimate of drug-likeness (QED) is 0.463. The molecule has 0 radical (unpaired) electrons. The summed E-state index contributed by atoms with van der Waals surface area (Å²) in [5.41, 5.74) is -0.0885. The third-order valence-electron chi connectivity index (χ3n) is 8.05. The van der Waals surface area contributed by atoms with Crippen LogP contribution >= 0.6 is 0 Å². The van der Waals surface area contributed by atoms with Crippen molar-refractivity contribution in [3.63, 3.8) is 0 Å². The SMILES string of the molecule is COC(=O)C1=CCC2C(C)(C)CC[C@@H](O[Si](C)(C)C(C)(C)C)[C@]2(C)[C@H]1C(=O)OC. The van der Waals surface area contributed by atoms with E-state index in [1.165, 1.54) is 14.2 Å². The van der Waals surface area contributed by atoms with Crippen LogP contribution in [0.5, 0.6) is 0 Å². The van der Waals surface area contributed by atoms with Gasteiger partial charge in [-0.3, -0.25) is 4.79 Å². The van der Waals surface area contributed by atoms with E-state index >= 15 is 0 Å². The Labute approximate surface area is 177 Å². The Kier molecular flexibility index (Phi) is 6.52. The number of allylic oxidation sites excluding steroid dienone is 1. The van der Waals surface area contributed by atoms with Crippen molar-refractivity contribution in [1.29, 1.82) is 0 Å². The van der Waals surface area contributed by atoms with Crippen LogP contribution in [0.4, 0.5) is 0 Å². The van der Waals surface area contributed by atoms with Crippen LogP contribution in [0.15, 0.2) is 11.6 Å². The van der Waals surface area contributed by atoms with Crippen LogP contribution < -0.4 is 0 Å². The highest BCUT2D eigenvalue weighted by Crippen LogP contribution is 2.61. The first-order valence-corrected chi connectivity index (χ1v) is 13.6. The van der Waals surface area contributed by atoms with Gasteiger partial charge in [0.2, 0.25) is 0 Å². The van der Waals surface area contributed by atoms with E-state index in [9.17, 15) is 9.59 Å². The Morgan fingerprint density at radius 1 is 1.10 bits per heavy atom. The number of methoxy groups -OCH3 is 2. The van der Waals surface area contributed by atoms with E-state index in [1.807, 2.05) is 6.08 Å². The van der Waals surface area contributed by atoms with Gasteiger partial charge in [0.05, 0.1) is 26.2 Å². The Hall–Kier alpha value is -1.14. The van der Waals surface area contributed by atoms with Crippen molar-refractivity contribution in [2.24, 2.45) is 22.7 Å². The van der Waals surface area contributed by atoms with Crippen LogP contribution in [0.1, 0.15) is 60.8 Å². The maximum Gasteiger partial charge on any atom is 0.334 e. The van der Waals surface area contributed by atoms with Gasteiger partial charge in [-0.05, 0) is 48.7 Å². The summed E-state index contributed by atoms with van der Waals surface area (Å²) in [7, 11) is 0.670. The molecule has 2 aliphatic carbocycles. The lowest BCUT2D eigenvalue weighted by Crippen LogP contribution is -2.61. The second-order valence-corrected chi connectivity index (χ2v) is 15.9. The molecule has 0 spiro atoms. The maximum absolute atomic E-state index is 13.1. The fraction of sp³-hybridized carbons (Fsp3) is 0.826. The van der Waals surface area contributed by atoms with Gasteiger partial charge >= 0.3 is 11.9 Å². The van der Waals surface area contributed by atoms with Gasteiger partial charge in [0.15, 0.2) is 8.32 Å². The predicted molar refractivity (Wildman–Crippen MR) is 117 cm³/mol. The van der Waals surface area contributed by atoms with E-state index in [2.05, 4.69) is 54.6 Å². The third-order valence-corrected chi connectivity index (χ3v) is 12.5. The van der Waals surface area contributed by atoms with E-state index in [4.69, 9.17) is 13.9 Å². The summed E-state index contributed by atoms with van der Waals surface area (Å²) in [6.45, 7) is 17.8. The van der Waals surface area contributed by atoms with Gasteiger partial charge in [0.1, 0.15) is 0 Å². The Balaban J connectivity index is 2.63. The molecule has 0 aromatic rings. The van der Waals surface area contributed by atoms with Crippen LogP contribution in [0.3, 0.4) is 0 Å². The monoisotopic (exact) mass is 424 g/mol. The first kappa shape index (κ1) is 24.1. The molecule has 0 aromatic heterocycles. The predicted octanol–water partition coefficient (Wildman–Crippen LogP) is 5.11. The molecule has 166 valence electrons. The highest BCUT2D eigenvalue weighted by molar-refractivity contribution is 6.74. The summed E-state index contributed by atoms with van der Waals surface area (Å²) in [5.74, 6) is -1.31. The molecule has 0 aliphatic heterocycles. The van der Waals surface area contributed by atoms with E-state index in [0.717, 1.165) is 19.3 Å². The smallest absolute Gasteiger partial charge is 0.334 e. The van der Waals surface area contributed by atoms with Gasteiger partial charge in [-0.1, -0.05) is 47.6 Å². The Morgan fingerprint density at radius 2 is 1.69 bits per heavy atom. The van der Waals surface area contributed by atoms with Crippen molar-refractivity contribution < 1.29 is 23.5 Å². The summed E-state index contributed by atoms with van der Waals surface area (Å²) in [6.07, 6.45) is 4.42. The van der Waals surface area contributed by atoms with Crippen LogP contribution in [-0.2, 0) is 23.5 Å². The van der Waals surface area contributed by atoms with E-state index in [1.54, 1.807) is 0 Å². The molecule has 2 rings (SSSR count). The fourth-order valence-corrected chi connectivity index (χ4v) is 6.69.